The van der Waals surface area contributed by atoms with Crippen LogP contribution in [0.3, 0.4) is 0 Å². The molecule has 0 aromatic carbocycles. The van der Waals surface area contributed by atoms with Crippen molar-refractivity contribution in [3.63, 3.8) is 0 Å². The number of esters is 1. The lowest BCUT2D eigenvalue weighted by Gasteiger charge is -2.24. The van der Waals surface area contributed by atoms with Crippen LogP contribution >= 0.6 is 0 Å². The van der Waals surface area contributed by atoms with Gasteiger partial charge in [0.1, 0.15) is 0 Å². The van der Waals surface area contributed by atoms with Gasteiger partial charge < -0.3 is 9.64 Å². The minimum Gasteiger partial charge on any atom is -0.466 e. The predicted molar refractivity (Wildman–Crippen MR) is 65.4 cm³/mol. The maximum absolute atomic E-state index is 12.0. The molecule has 1 amide bonds. The fraction of sp³-hybridized carbons (Fsp3) is 0.846. The lowest BCUT2D eigenvalue weighted by Crippen LogP contribution is -2.37. The van der Waals surface area contributed by atoms with E-state index in [9.17, 15) is 9.59 Å². The van der Waals surface area contributed by atoms with E-state index in [1.165, 1.54) is 0 Å². The summed E-state index contributed by atoms with van der Waals surface area (Å²) in [6.07, 6.45) is 2.32. The van der Waals surface area contributed by atoms with Crippen molar-refractivity contribution >= 4 is 11.9 Å². The first kappa shape index (κ1) is 14.0. The van der Waals surface area contributed by atoms with Gasteiger partial charge in [-0.25, -0.2) is 0 Å². The van der Waals surface area contributed by atoms with Gasteiger partial charge in [-0.1, -0.05) is 13.8 Å². The highest BCUT2D eigenvalue weighted by Gasteiger charge is 2.33. The topological polar surface area (TPSA) is 46.6 Å². The second-order valence-corrected chi connectivity index (χ2v) is 5.01. The van der Waals surface area contributed by atoms with Crippen LogP contribution in [0.1, 0.15) is 40.0 Å². The Hall–Kier alpha value is -1.06. The van der Waals surface area contributed by atoms with Crippen molar-refractivity contribution in [2.75, 3.05) is 19.7 Å². The molecule has 1 aliphatic carbocycles. The highest BCUT2D eigenvalue weighted by atomic mass is 16.5. The molecule has 0 aliphatic heterocycles. The summed E-state index contributed by atoms with van der Waals surface area (Å²) in [5.74, 6) is 0.642. The van der Waals surface area contributed by atoms with Crippen molar-refractivity contribution < 1.29 is 14.3 Å². The van der Waals surface area contributed by atoms with Crippen LogP contribution in [0.15, 0.2) is 0 Å². The number of hydrogen-bond acceptors (Lipinski definition) is 3. The summed E-state index contributed by atoms with van der Waals surface area (Å²) < 4.78 is 4.88. The van der Waals surface area contributed by atoms with Gasteiger partial charge in [-0.2, -0.15) is 0 Å². The molecule has 0 spiro atoms. The number of rotatable bonds is 7. The minimum atomic E-state index is -0.218. The predicted octanol–water partition coefficient (Wildman–Crippen LogP) is 1.83. The Morgan fingerprint density at radius 3 is 2.47 bits per heavy atom. The number of carbonyl (C=O) groups is 2. The summed E-state index contributed by atoms with van der Waals surface area (Å²) in [5.41, 5.74) is 0. The van der Waals surface area contributed by atoms with Crippen molar-refractivity contribution in [2.24, 2.45) is 11.8 Å². The highest BCUT2D eigenvalue weighted by molar-refractivity contribution is 5.81. The molecule has 1 saturated carbocycles. The average molecular weight is 241 g/mol. The minimum absolute atomic E-state index is 0.211. The van der Waals surface area contributed by atoms with Gasteiger partial charge in [0.05, 0.1) is 13.0 Å². The first-order chi connectivity index (χ1) is 8.04. The quantitative estimate of drug-likeness (QED) is 0.639. The summed E-state index contributed by atoms with van der Waals surface area (Å²) in [4.78, 5) is 25.1. The van der Waals surface area contributed by atoms with Gasteiger partial charge in [0.25, 0.3) is 0 Å². The third kappa shape index (κ3) is 5.20. The second kappa shape index (κ2) is 6.62. The van der Waals surface area contributed by atoms with E-state index in [0.717, 1.165) is 19.4 Å². The van der Waals surface area contributed by atoms with E-state index >= 15 is 0 Å². The highest BCUT2D eigenvalue weighted by Crippen LogP contribution is 2.31. The van der Waals surface area contributed by atoms with Crippen LogP contribution in [0, 0.1) is 11.8 Å². The Balaban J connectivity index is 2.39. The van der Waals surface area contributed by atoms with Gasteiger partial charge in [0.2, 0.25) is 5.91 Å². The molecule has 1 fully saturated rings. The number of amides is 1. The molecule has 0 unspecified atom stereocenters. The third-order valence-electron chi connectivity index (χ3n) is 2.71. The molecule has 0 N–H and O–H groups in total. The summed E-state index contributed by atoms with van der Waals surface area (Å²) in [5, 5.41) is 0. The fourth-order valence-electron chi connectivity index (χ4n) is 1.78. The Morgan fingerprint density at radius 2 is 2.00 bits per heavy atom. The van der Waals surface area contributed by atoms with Crippen LogP contribution in [0.5, 0.6) is 0 Å². The first-order valence-corrected chi connectivity index (χ1v) is 6.49. The van der Waals surface area contributed by atoms with Gasteiger partial charge in [-0.05, 0) is 25.7 Å². The van der Waals surface area contributed by atoms with Crippen molar-refractivity contribution in [1.29, 1.82) is 0 Å². The smallest absolute Gasteiger partial charge is 0.307 e. The molecular weight excluding hydrogens is 218 g/mol. The van der Waals surface area contributed by atoms with E-state index < -0.39 is 0 Å². The summed E-state index contributed by atoms with van der Waals surface area (Å²) >= 11 is 0. The lowest BCUT2D eigenvalue weighted by molar-refractivity contribution is -0.144. The number of ether oxygens (including phenoxy) is 1. The van der Waals surface area contributed by atoms with Gasteiger partial charge in [0, 0.05) is 19.0 Å². The maximum Gasteiger partial charge on any atom is 0.307 e. The summed E-state index contributed by atoms with van der Waals surface area (Å²) in [6.45, 7) is 7.58. The molecule has 4 heteroatoms. The normalized spacial score (nSPS) is 14.8. The van der Waals surface area contributed by atoms with Crippen molar-refractivity contribution in [3.05, 3.63) is 0 Å². The van der Waals surface area contributed by atoms with Crippen LogP contribution in [-0.2, 0) is 14.3 Å². The molecule has 0 aromatic rings. The molecular formula is C13H23NO3. The molecule has 0 bridgehead atoms. The van der Waals surface area contributed by atoms with E-state index in [1.54, 1.807) is 6.92 Å². The Kier molecular flexibility index (Phi) is 5.45. The Labute approximate surface area is 103 Å². The second-order valence-electron chi connectivity index (χ2n) is 5.01. The van der Waals surface area contributed by atoms with Crippen LogP contribution in [-0.4, -0.2) is 36.5 Å². The molecule has 98 valence electrons. The van der Waals surface area contributed by atoms with Crippen LogP contribution in [0.4, 0.5) is 0 Å². The van der Waals surface area contributed by atoms with Gasteiger partial charge >= 0.3 is 5.97 Å². The fourth-order valence-corrected chi connectivity index (χ4v) is 1.78. The molecule has 0 aromatic heterocycles. The van der Waals surface area contributed by atoms with Crippen molar-refractivity contribution in [1.82, 2.24) is 4.90 Å². The van der Waals surface area contributed by atoms with E-state index in [2.05, 4.69) is 13.8 Å². The van der Waals surface area contributed by atoms with Gasteiger partial charge in [-0.15, -0.1) is 0 Å². The molecule has 1 rings (SSSR count). The van der Waals surface area contributed by atoms with E-state index in [4.69, 9.17) is 4.74 Å². The standard InChI is InChI=1S/C13H23NO3/c1-4-17-12(15)7-8-14(9-10(2)3)13(16)11-5-6-11/h10-11H,4-9H2,1-3H3. The molecule has 0 heterocycles. The van der Waals surface area contributed by atoms with Crippen molar-refractivity contribution in [3.8, 4) is 0 Å². The van der Waals surface area contributed by atoms with Gasteiger partial charge in [0.15, 0.2) is 0 Å². The molecule has 0 saturated heterocycles. The van der Waals surface area contributed by atoms with Crippen molar-refractivity contribution in [2.45, 2.75) is 40.0 Å². The number of carbonyl (C=O) groups excluding carboxylic acids is 2. The molecule has 0 atom stereocenters. The molecule has 1 aliphatic rings. The molecule has 0 radical (unpaired) electrons. The number of hydrogen-bond donors (Lipinski definition) is 0. The monoisotopic (exact) mass is 241 g/mol. The molecule has 17 heavy (non-hydrogen) atoms. The van der Waals surface area contributed by atoms with E-state index in [0.29, 0.717) is 25.5 Å². The van der Waals surface area contributed by atoms with Crippen LogP contribution in [0.25, 0.3) is 0 Å². The SMILES string of the molecule is CCOC(=O)CCN(CC(C)C)C(=O)C1CC1. The van der Waals surface area contributed by atoms with Crippen LogP contribution in [0.2, 0.25) is 0 Å². The summed E-state index contributed by atoms with van der Waals surface area (Å²) in [6, 6.07) is 0. The molecule has 4 nitrogen and oxygen atoms in total. The van der Waals surface area contributed by atoms with E-state index in [1.807, 2.05) is 4.90 Å². The maximum atomic E-state index is 12.0. The Bertz CT molecular complexity index is 272. The zero-order chi connectivity index (χ0) is 12.8. The zero-order valence-electron chi connectivity index (χ0n) is 11.1. The third-order valence-corrected chi connectivity index (χ3v) is 2.71. The lowest BCUT2D eigenvalue weighted by atomic mass is 10.2. The Morgan fingerprint density at radius 1 is 1.35 bits per heavy atom. The van der Waals surface area contributed by atoms with E-state index in [-0.39, 0.29) is 17.8 Å². The summed E-state index contributed by atoms with van der Waals surface area (Å²) in [7, 11) is 0. The zero-order valence-corrected chi connectivity index (χ0v) is 11.1. The average Bonchev–Trinajstić information content (AvgIpc) is 3.06. The van der Waals surface area contributed by atoms with Crippen LogP contribution < -0.4 is 0 Å². The largest absolute Gasteiger partial charge is 0.466 e. The first-order valence-electron chi connectivity index (χ1n) is 6.49. The van der Waals surface area contributed by atoms with Gasteiger partial charge in [-0.3, -0.25) is 9.59 Å². The number of nitrogens with zero attached hydrogens (tertiary/aromatic N) is 1.